The summed E-state index contributed by atoms with van der Waals surface area (Å²) >= 11 is 0. The molecule has 2 aliphatic heterocycles. The number of hydrogen-bond acceptors (Lipinski definition) is 5. The van der Waals surface area contributed by atoms with Crippen LogP contribution >= 0.6 is 0 Å². The monoisotopic (exact) mass is 577 g/mol. The first-order valence-electron chi connectivity index (χ1n) is 9.68. The van der Waals surface area contributed by atoms with Crippen LogP contribution < -0.4 is 19.4 Å². The quantitative estimate of drug-likeness (QED) is 0.420. The van der Waals surface area contributed by atoms with E-state index in [9.17, 15) is 0 Å². The second-order valence-electron chi connectivity index (χ2n) is 7.28. The van der Waals surface area contributed by atoms with Gasteiger partial charge in [0.25, 0.3) is 0 Å². The molecule has 2 heterocycles. The normalized spacial score (nSPS) is 15.9. The Morgan fingerprint density at radius 2 is 1.43 bits per heavy atom. The molecule has 154 valence electrons. The van der Waals surface area contributed by atoms with Crippen molar-refractivity contribution < 1.29 is 25.8 Å². The predicted octanol–water partition coefficient (Wildman–Crippen LogP) is 4.66. The first-order chi connectivity index (χ1) is 14.2. The summed E-state index contributed by atoms with van der Waals surface area (Å²) in [7, 11) is 4.12. The van der Waals surface area contributed by atoms with Gasteiger partial charge in [-0.3, -0.25) is 0 Å². The minimum absolute atomic E-state index is 0. The molecule has 0 atom stereocenters. The van der Waals surface area contributed by atoms with E-state index in [0.29, 0.717) is 11.5 Å². The van der Waals surface area contributed by atoms with Crippen molar-refractivity contribution in [3.05, 3.63) is 86.1 Å². The first-order valence-corrected chi connectivity index (χ1v) is 9.68. The summed E-state index contributed by atoms with van der Waals surface area (Å²) in [6.45, 7) is 6.12. The molecular formula is C24H22N4OPt. The van der Waals surface area contributed by atoms with Crippen LogP contribution in [-0.2, 0) is 21.1 Å². The van der Waals surface area contributed by atoms with Gasteiger partial charge in [-0.1, -0.05) is 12.1 Å². The third kappa shape index (κ3) is 4.05. The molecule has 3 aromatic carbocycles. The molecule has 30 heavy (non-hydrogen) atoms. The maximum absolute atomic E-state index is 6.10. The van der Waals surface area contributed by atoms with Crippen LogP contribution in [0.4, 0.5) is 22.7 Å². The number of ether oxygens (including phenoxy) is 1. The zero-order chi connectivity index (χ0) is 19.8. The van der Waals surface area contributed by atoms with Gasteiger partial charge in [0.2, 0.25) is 0 Å². The second kappa shape index (κ2) is 8.71. The molecule has 5 nitrogen and oxygen atoms in total. The summed E-state index contributed by atoms with van der Waals surface area (Å²) in [6.07, 6.45) is 0. The maximum Gasteiger partial charge on any atom is 4.00 e. The van der Waals surface area contributed by atoms with E-state index in [4.69, 9.17) is 4.74 Å². The van der Waals surface area contributed by atoms with Crippen LogP contribution in [0.15, 0.2) is 60.7 Å². The zero-order valence-electron chi connectivity index (χ0n) is 16.9. The summed E-state index contributed by atoms with van der Waals surface area (Å²) in [4.78, 5) is 8.58. The van der Waals surface area contributed by atoms with Crippen LogP contribution in [0.25, 0.3) is 0 Å². The number of nitrogens with zero attached hydrogens (tertiary/aromatic N) is 4. The molecule has 0 aliphatic carbocycles. The number of likely N-dealkylation sites (N-methyl/N-ethyl adjacent to an activating group) is 1. The molecule has 0 unspecified atom stereocenters. The third-order valence-electron chi connectivity index (χ3n) is 5.13. The van der Waals surface area contributed by atoms with Crippen LogP contribution in [0, 0.1) is 25.5 Å². The van der Waals surface area contributed by atoms with Gasteiger partial charge in [-0.2, -0.15) is 31.5 Å². The molecule has 0 aromatic heterocycles. The molecule has 2 aliphatic rings. The van der Waals surface area contributed by atoms with Gasteiger partial charge in [0, 0.05) is 22.9 Å². The average molecular weight is 578 g/mol. The number of fused-ring (bicyclic) bond motifs is 1. The van der Waals surface area contributed by atoms with Crippen molar-refractivity contribution >= 4 is 22.7 Å². The van der Waals surface area contributed by atoms with Crippen molar-refractivity contribution in [1.82, 2.24) is 4.90 Å². The van der Waals surface area contributed by atoms with E-state index < -0.39 is 0 Å². The Bertz CT molecular complexity index is 1030. The van der Waals surface area contributed by atoms with Crippen molar-refractivity contribution in [2.75, 3.05) is 41.9 Å². The minimum Gasteiger partial charge on any atom is -0.528 e. The molecule has 0 bridgehead atoms. The van der Waals surface area contributed by atoms with Crippen molar-refractivity contribution in [1.29, 1.82) is 0 Å². The third-order valence-corrected chi connectivity index (χ3v) is 5.13. The summed E-state index contributed by atoms with van der Waals surface area (Å²) in [5.41, 5.74) is 4.24. The molecule has 0 saturated carbocycles. The Morgan fingerprint density at radius 3 is 2.13 bits per heavy atom. The molecular weight excluding hydrogens is 555 g/mol. The van der Waals surface area contributed by atoms with Crippen LogP contribution in [0.2, 0.25) is 0 Å². The predicted molar refractivity (Wildman–Crippen MR) is 116 cm³/mol. The molecule has 0 spiro atoms. The smallest absolute Gasteiger partial charge is 0.528 e. The van der Waals surface area contributed by atoms with E-state index in [0.717, 1.165) is 30.2 Å². The van der Waals surface area contributed by atoms with Gasteiger partial charge < -0.3 is 24.3 Å². The van der Waals surface area contributed by atoms with Crippen LogP contribution in [-0.4, -0.2) is 32.1 Å². The Labute approximate surface area is 192 Å². The molecule has 0 radical (unpaired) electrons. The minimum atomic E-state index is 0. The number of benzene rings is 3. The zero-order valence-corrected chi connectivity index (χ0v) is 19.1. The van der Waals surface area contributed by atoms with Crippen molar-refractivity contribution in [2.45, 2.75) is 0 Å². The van der Waals surface area contributed by atoms with Crippen LogP contribution in [0.1, 0.15) is 0 Å². The fraction of sp³-hybridized carbons (Fsp3) is 0.167. The fourth-order valence-electron chi connectivity index (χ4n) is 3.68. The largest absolute Gasteiger partial charge is 4.00 e. The summed E-state index contributed by atoms with van der Waals surface area (Å²) in [6, 6.07) is 27.0. The van der Waals surface area contributed by atoms with E-state index in [-0.39, 0.29) is 21.1 Å². The van der Waals surface area contributed by atoms with Gasteiger partial charge in [0.05, 0.1) is 0 Å². The molecule has 0 N–H and O–H groups in total. The topological polar surface area (TPSA) is 22.2 Å². The Kier molecular flexibility index (Phi) is 6.03. The van der Waals surface area contributed by atoms with Crippen molar-refractivity contribution in [3.8, 4) is 11.5 Å². The Morgan fingerprint density at radius 1 is 0.767 bits per heavy atom. The number of anilines is 4. The Hall–Kier alpha value is -2.49. The fourth-order valence-corrected chi connectivity index (χ4v) is 3.68. The van der Waals surface area contributed by atoms with Gasteiger partial charge in [-0.05, 0) is 39.3 Å². The average Bonchev–Trinajstić information content (AvgIpc) is 3.32. The van der Waals surface area contributed by atoms with Crippen molar-refractivity contribution in [2.24, 2.45) is 0 Å². The van der Waals surface area contributed by atoms with Crippen LogP contribution in [0.5, 0.6) is 11.5 Å². The molecule has 3 aromatic rings. The summed E-state index contributed by atoms with van der Waals surface area (Å²) in [5, 5.41) is 0. The van der Waals surface area contributed by atoms with Gasteiger partial charge >= 0.3 is 21.1 Å². The van der Waals surface area contributed by atoms with E-state index in [1.54, 1.807) is 0 Å². The Balaban J connectivity index is 0.00000218. The number of hydrogen-bond donors (Lipinski definition) is 0. The van der Waals surface area contributed by atoms with E-state index in [1.807, 2.05) is 49.5 Å². The van der Waals surface area contributed by atoms with E-state index in [2.05, 4.69) is 70.3 Å². The van der Waals surface area contributed by atoms with Crippen molar-refractivity contribution in [3.63, 3.8) is 0 Å². The molecule has 1 saturated heterocycles. The number of para-hydroxylation sites is 2. The molecule has 1 fully saturated rings. The molecule has 6 heteroatoms. The standard InChI is InChI=1S/C24H22N4O.Pt/c1-25-13-14-27(17-25)19-7-5-9-21(15-19)29-22-10-6-8-20(16-22)28-18-26(2)23-11-3-4-12-24(23)28;/h3-12,17-18H,13-14H2,1-2H3;/q-4;+4. The van der Waals surface area contributed by atoms with Gasteiger partial charge in [0.15, 0.2) is 0 Å². The maximum atomic E-state index is 6.10. The van der Waals surface area contributed by atoms with Crippen LogP contribution in [0.3, 0.4) is 0 Å². The molecule has 0 amide bonds. The second-order valence-corrected chi connectivity index (χ2v) is 7.28. The summed E-state index contributed by atoms with van der Waals surface area (Å²) < 4.78 is 6.10. The summed E-state index contributed by atoms with van der Waals surface area (Å²) in [5.74, 6) is 1.35. The van der Waals surface area contributed by atoms with Gasteiger partial charge in [-0.25, -0.2) is 0 Å². The van der Waals surface area contributed by atoms with Gasteiger partial charge in [-0.15, -0.1) is 41.7 Å². The van der Waals surface area contributed by atoms with E-state index in [1.165, 1.54) is 5.69 Å². The number of rotatable bonds is 4. The van der Waals surface area contributed by atoms with Gasteiger partial charge in [0.1, 0.15) is 0 Å². The van der Waals surface area contributed by atoms with E-state index >= 15 is 0 Å². The SMILES string of the molecule is CN1[CH-]N(c2[c-]c(Oc3[c-]c(N4[CH-]N(C)c5ccccc54)ccc3)ccc2)CC1.[Pt+4]. The molecule has 5 rings (SSSR count). The first kappa shape index (κ1) is 20.8.